The molecule has 4 aromatic rings. The first-order valence-corrected chi connectivity index (χ1v) is 10.3. The summed E-state index contributed by atoms with van der Waals surface area (Å²) in [6, 6.07) is 13.3. The third-order valence-electron chi connectivity index (χ3n) is 5.08. The zero-order valence-electron chi connectivity index (χ0n) is 17.5. The molecule has 5 rings (SSSR count). The molecule has 3 amide bonds. The molecule has 0 radical (unpaired) electrons. The van der Waals surface area contributed by atoms with Crippen LogP contribution < -0.4 is 15.0 Å². The van der Waals surface area contributed by atoms with E-state index in [0.29, 0.717) is 29.4 Å². The minimum Gasteiger partial charge on any atom is -0.490 e. The van der Waals surface area contributed by atoms with Gasteiger partial charge in [0.05, 0.1) is 12.3 Å². The maximum atomic E-state index is 12.7. The average Bonchev–Trinajstić information content (AvgIpc) is 3.53. The lowest BCUT2D eigenvalue weighted by atomic mass is 10.2. The van der Waals surface area contributed by atoms with Crippen LogP contribution in [-0.4, -0.2) is 34.5 Å². The number of rotatable bonds is 6. The van der Waals surface area contributed by atoms with Crippen LogP contribution in [0.2, 0.25) is 0 Å². The number of imide groups is 1. The van der Waals surface area contributed by atoms with E-state index in [4.69, 9.17) is 13.6 Å². The molecule has 2 aromatic carbocycles. The summed E-state index contributed by atoms with van der Waals surface area (Å²) in [5.41, 5.74) is 1.12. The van der Waals surface area contributed by atoms with Crippen LogP contribution in [0.4, 0.5) is 11.7 Å². The number of hydrogen-bond acceptors (Lipinski definition) is 8. The van der Waals surface area contributed by atoms with E-state index in [1.807, 2.05) is 19.1 Å². The minimum absolute atomic E-state index is 0.0889. The number of carbonyl (C=O) groups excluding carboxylic acids is 3. The summed E-state index contributed by atoms with van der Waals surface area (Å²) in [5.74, 6) is -0.0995. The second kappa shape index (κ2) is 8.23. The Morgan fingerprint density at radius 2 is 1.85 bits per heavy atom. The van der Waals surface area contributed by atoms with E-state index in [1.165, 1.54) is 6.07 Å². The number of para-hydroxylation sites is 1. The number of benzene rings is 2. The van der Waals surface area contributed by atoms with E-state index in [1.54, 1.807) is 30.3 Å². The van der Waals surface area contributed by atoms with Crippen molar-refractivity contribution in [1.29, 1.82) is 0 Å². The van der Waals surface area contributed by atoms with Gasteiger partial charge in [-0.05, 0) is 37.3 Å². The first-order valence-electron chi connectivity index (χ1n) is 10.3. The molecule has 1 aliphatic rings. The fourth-order valence-corrected chi connectivity index (χ4v) is 3.60. The van der Waals surface area contributed by atoms with Crippen LogP contribution in [0.3, 0.4) is 0 Å². The standard InChI is InChI=1S/C23H18N4O6/c1-2-31-16-8-4-5-13-12-17(32-20(13)16)22-25-26-23(33-22)24-21(30)14-6-3-7-15(11-14)27-18(28)9-10-19(27)29/h3-8,11-12H,2,9-10H2,1H3,(H,24,26,30). The second-order valence-corrected chi connectivity index (χ2v) is 7.26. The number of aromatic nitrogens is 2. The predicted molar refractivity (Wildman–Crippen MR) is 117 cm³/mol. The van der Waals surface area contributed by atoms with Crippen LogP contribution in [0, 0.1) is 0 Å². The van der Waals surface area contributed by atoms with Gasteiger partial charge in [0.1, 0.15) is 0 Å². The summed E-state index contributed by atoms with van der Waals surface area (Å²) >= 11 is 0. The van der Waals surface area contributed by atoms with Gasteiger partial charge >= 0.3 is 6.01 Å². The number of anilines is 2. The van der Waals surface area contributed by atoms with Crippen molar-refractivity contribution < 1.29 is 28.0 Å². The molecule has 10 heteroatoms. The summed E-state index contributed by atoms with van der Waals surface area (Å²) in [5, 5.41) is 11.1. The monoisotopic (exact) mass is 446 g/mol. The number of furan rings is 1. The molecule has 1 fully saturated rings. The number of amides is 3. The molecule has 0 atom stereocenters. The lowest BCUT2D eigenvalue weighted by Crippen LogP contribution is -2.28. The molecule has 0 saturated carbocycles. The molecule has 1 N–H and O–H groups in total. The lowest BCUT2D eigenvalue weighted by molar-refractivity contribution is -0.121. The first kappa shape index (κ1) is 20.4. The van der Waals surface area contributed by atoms with Crippen LogP contribution >= 0.6 is 0 Å². The average molecular weight is 446 g/mol. The third kappa shape index (κ3) is 3.82. The number of carbonyl (C=O) groups is 3. The van der Waals surface area contributed by atoms with Crippen LogP contribution in [0.25, 0.3) is 22.6 Å². The second-order valence-electron chi connectivity index (χ2n) is 7.26. The Labute approximate surface area is 187 Å². The smallest absolute Gasteiger partial charge is 0.322 e. The van der Waals surface area contributed by atoms with Gasteiger partial charge in [0.25, 0.3) is 11.8 Å². The molecule has 1 saturated heterocycles. The van der Waals surface area contributed by atoms with Gasteiger partial charge in [-0.25, -0.2) is 0 Å². The third-order valence-corrected chi connectivity index (χ3v) is 5.08. The molecule has 0 unspecified atom stereocenters. The van der Waals surface area contributed by atoms with Gasteiger partial charge < -0.3 is 13.6 Å². The highest BCUT2D eigenvalue weighted by atomic mass is 16.5. The molecule has 0 bridgehead atoms. The van der Waals surface area contributed by atoms with Crippen molar-refractivity contribution in [2.24, 2.45) is 0 Å². The molecule has 33 heavy (non-hydrogen) atoms. The molecular formula is C23H18N4O6. The highest BCUT2D eigenvalue weighted by molar-refractivity contribution is 6.20. The summed E-state index contributed by atoms with van der Waals surface area (Å²) in [6.07, 6.45) is 0.321. The van der Waals surface area contributed by atoms with Crippen molar-refractivity contribution in [1.82, 2.24) is 10.2 Å². The van der Waals surface area contributed by atoms with Gasteiger partial charge in [0.15, 0.2) is 17.1 Å². The van der Waals surface area contributed by atoms with Crippen LogP contribution in [0.15, 0.2) is 57.4 Å². The summed E-state index contributed by atoms with van der Waals surface area (Å²) < 4.78 is 17.0. The van der Waals surface area contributed by atoms with Gasteiger partial charge in [-0.2, -0.15) is 0 Å². The van der Waals surface area contributed by atoms with Crippen molar-refractivity contribution >= 4 is 40.4 Å². The van der Waals surface area contributed by atoms with Gasteiger partial charge in [-0.3, -0.25) is 24.6 Å². The lowest BCUT2D eigenvalue weighted by Gasteiger charge is -2.14. The Bertz CT molecular complexity index is 1370. The Morgan fingerprint density at radius 1 is 1.06 bits per heavy atom. The van der Waals surface area contributed by atoms with Crippen molar-refractivity contribution in [3.05, 3.63) is 54.1 Å². The van der Waals surface area contributed by atoms with E-state index in [9.17, 15) is 14.4 Å². The maximum absolute atomic E-state index is 12.7. The number of ether oxygens (including phenoxy) is 1. The highest BCUT2D eigenvalue weighted by Gasteiger charge is 2.30. The fourth-order valence-electron chi connectivity index (χ4n) is 3.60. The Balaban J connectivity index is 1.35. The maximum Gasteiger partial charge on any atom is 0.322 e. The van der Waals surface area contributed by atoms with Crippen LogP contribution in [0.5, 0.6) is 5.75 Å². The van der Waals surface area contributed by atoms with Gasteiger partial charge in [0, 0.05) is 23.8 Å². The van der Waals surface area contributed by atoms with Gasteiger partial charge in [-0.15, -0.1) is 5.10 Å². The fraction of sp³-hybridized carbons (Fsp3) is 0.174. The normalized spacial score (nSPS) is 13.7. The minimum atomic E-state index is -0.533. The number of fused-ring (bicyclic) bond motifs is 1. The highest BCUT2D eigenvalue weighted by Crippen LogP contribution is 2.33. The summed E-state index contributed by atoms with van der Waals surface area (Å²) in [7, 11) is 0. The first-order chi connectivity index (χ1) is 16.0. The zero-order valence-corrected chi connectivity index (χ0v) is 17.5. The summed E-state index contributed by atoms with van der Waals surface area (Å²) in [6.45, 7) is 2.37. The van der Waals surface area contributed by atoms with E-state index in [0.717, 1.165) is 10.3 Å². The molecular weight excluding hydrogens is 428 g/mol. The topological polar surface area (TPSA) is 128 Å². The number of nitrogens with one attached hydrogen (secondary N) is 1. The van der Waals surface area contributed by atoms with Gasteiger partial charge in [-0.1, -0.05) is 23.3 Å². The molecule has 2 aromatic heterocycles. The van der Waals surface area contributed by atoms with Gasteiger partial charge in [0.2, 0.25) is 11.8 Å². The Morgan fingerprint density at radius 3 is 2.64 bits per heavy atom. The van der Waals surface area contributed by atoms with E-state index >= 15 is 0 Å². The molecule has 166 valence electrons. The molecule has 10 nitrogen and oxygen atoms in total. The van der Waals surface area contributed by atoms with E-state index in [2.05, 4.69) is 15.5 Å². The van der Waals surface area contributed by atoms with Crippen molar-refractivity contribution in [3.63, 3.8) is 0 Å². The van der Waals surface area contributed by atoms with Crippen molar-refractivity contribution in [3.8, 4) is 17.4 Å². The van der Waals surface area contributed by atoms with E-state index in [-0.39, 0.29) is 42.1 Å². The number of nitrogens with zero attached hydrogens (tertiary/aromatic N) is 3. The molecule has 3 heterocycles. The zero-order chi connectivity index (χ0) is 22.9. The van der Waals surface area contributed by atoms with Crippen molar-refractivity contribution in [2.45, 2.75) is 19.8 Å². The molecule has 0 spiro atoms. The van der Waals surface area contributed by atoms with Crippen LogP contribution in [-0.2, 0) is 9.59 Å². The van der Waals surface area contributed by atoms with Crippen molar-refractivity contribution in [2.75, 3.05) is 16.8 Å². The largest absolute Gasteiger partial charge is 0.490 e. The molecule has 0 aliphatic carbocycles. The quantitative estimate of drug-likeness (QED) is 0.443. The SMILES string of the molecule is CCOc1cccc2cc(-c3nnc(NC(=O)c4cccc(N5C(=O)CCC5=O)c4)o3)oc12. The van der Waals surface area contributed by atoms with E-state index < -0.39 is 5.91 Å². The molecule has 1 aliphatic heterocycles. The predicted octanol–water partition coefficient (Wildman–Crippen LogP) is 3.79. The van der Waals surface area contributed by atoms with Crippen LogP contribution in [0.1, 0.15) is 30.1 Å². The summed E-state index contributed by atoms with van der Waals surface area (Å²) in [4.78, 5) is 37.7. The Hall–Kier alpha value is -4.47. The Kier molecular flexibility index (Phi) is 5.09. The number of hydrogen-bond donors (Lipinski definition) is 1.